The van der Waals surface area contributed by atoms with Gasteiger partial charge in [-0.25, -0.2) is 4.98 Å². The number of hydrogen-bond donors (Lipinski definition) is 2. The summed E-state index contributed by atoms with van der Waals surface area (Å²) < 4.78 is 0. The van der Waals surface area contributed by atoms with E-state index in [1.54, 1.807) is 12.1 Å². The molecule has 102 valence electrons. The molecule has 0 radical (unpaired) electrons. The summed E-state index contributed by atoms with van der Waals surface area (Å²) in [6.07, 6.45) is 4.51. The number of aromatic nitrogens is 1. The standard InChI is InChI=1S/C13H16ClN3O2/c14-11-10(2-1-7-16-11)13(19)17-9-5-3-8(4-6-9)12(15)18/h1-2,7-9H,3-6H2,(H2,15,18)(H,17,19). The number of rotatable bonds is 3. The van der Waals surface area contributed by atoms with Gasteiger partial charge in [-0.1, -0.05) is 11.6 Å². The fraction of sp³-hybridized carbons (Fsp3) is 0.462. The third kappa shape index (κ3) is 3.44. The predicted molar refractivity (Wildman–Crippen MR) is 71.7 cm³/mol. The van der Waals surface area contributed by atoms with Gasteiger partial charge in [0.15, 0.2) is 0 Å². The average molecular weight is 282 g/mol. The lowest BCUT2D eigenvalue weighted by molar-refractivity contribution is -0.122. The number of hydrogen-bond acceptors (Lipinski definition) is 3. The first kappa shape index (κ1) is 13.8. The number of pyridine rings is 1. The molecule has 0 aromatic carbocycles. The SMILES string of the molecule is NC(=O)C1CCC(NC(=O)c2cccnc2Cl)CC1. The number of nitrogens with zero attached hydrogens (tertiary/aromatic N) is 1. The lowest BCUT2D eigenvalue weighted by Crippen LogP contribution is -2.39. The Kier molecular flexibility index (Phi) is 4.37. The number of nitrogens with two attached hydrogens (primary N) is 1. The molecule has 3 N–H and O–H groups in total. The van der Waals surface area contributed by atoms with Crippen LogP contribution < -0.4 is 11.1 Å². The van der Waals surface area contributed by atoms with Gasteiger partial charge in [0.2, 0.25) is 5.91 Å². The van der Waals surface area contributed by atoms with Crippen LogP contribution in [-0.2, 0) is 4.79 Å². The van der Waals surface area contributed by atoms with Crippen molar-refractivity contribution in [2.45, 2.75) is 31.7 Å². The van der Waals surface area contributed by atoms with E-state index in [0.29, 0.717) is 5.56 Å². The zero-order chi connectivity index (χ0) is 13.8. The van der Waals surface area contributed by atoms with Crippen LogP contribution in [-0.4, -0.2) is 22.8 Å². The third-order valence-electron chi connectivity index (χ3n) is 3.47. The molecular weight excluding hydrogens is 266 g/mol. The van der Waals surface area contributed by atoms with Crippen LogP contribution in [0, 0.1) is 5.92 Å². The molecule has 5 nitrogen and oxygen atoms in total. The highest BCUT2D eigenvalue weighted by atomic mass is 35.5. The first-order valence-electron chi connectivity index (χ1n) is 6.28. The third-order valence-corrected chi connectivity index (χ3v) is 3.77. The summed E-state index contributed by atoms with van der Waals surface area (Å²) >= 11 is 5.87. The van der Waals surface area contributed by atoms with E-state index in [-0.39, 0.29) is 28.9 Å². The molecule has 0 aliphatic heterocycles. The Morgan fingerprint density at radius 3 is 2.58 bits per heavy atom. The molecule has 0 bridgehead atoms. The zero-order valence-electron chi connectivity index (χ0n) is 10.4. The minimum Gasteiger partial charge on any atom is -0.369 e. The normalized spacial score (nSPS) is 22.8. The second kappa shape index (κ2) is 6.02. The maximum atomic E-state index is 12.0. The van der Waals surface area contributed by atoms with Gasteiger partial charge in [-0.15, -0.1) is 0 Å². The minimum absolute atomic E-state index is 0.0601. The lowest BCUT2D eigenvalue weighted by Gasteiger charge is -2.27. The van der Waals surface area contributed by atoms with E-state index < -0.39 is 0 Å². The Hall–Kier alpha value is -1.62. The Morgan fingerprint density at radius 2 is 2.00 bits per heavy atom. The fourth-order valence-corrected chi connectivity index (χ4v) is 2.55. The monoisotopic (exact) mass is 281 g/mol. The first-order valence-corrected chi connectivity index (χ1v) is 6.66. The second-order valence-corrected chi connectivity index (χ2v) is 5.12. The summed E-state index contributed by atoms with van der Waals surface area (Å²) in [7, 11) is 0. The van der Waals surface area contributed by atoms with E-state index in [1.807, 2.05) is 0 Å². The molecule has 2 rings (SSSR count). The second-order valence-electron chi connectivity index (χ2n) is 4.77. The highest BCUT2D eigenvalue weighted by molar-refractivity contribution is 6.32. The van der Waals surface area contributed by atoms with Crippen molar-refractivity contribution in [3.05, 3.63) is 29.0 Å². The summed E-state index contributed by atoms with van der Waals surface area (Å²) in [5.74, 6) is -0.532. The number of halogens is 1. The van der Waals surface area contributed by atoms with Crippen molar-refractivity contribution < 1.29 is 9.59 Å². The minimum atomic E-state index is -0.250. The van der Waals surface area contributed by atoms with Gasteiger partial charge in [0.1, 0.15) is 5.15 Å². The van der Waals surface area contributed by atoms with Gasteiger partial charge in [-0.3, -0.25) is 9.59 Å². The number of nitrogens with one attached hydrogen (secondary N) is 1. The number of amides is 2. The Balaban J connectivity index is 1.91. The fourth-order valence-electron chi connectivity index (χ4n) is 2.34. The van der Waals surface area contributed by atoms with Crippen molar-refractivity contribution in [2.24, 2.45) is 11.7 Å². The van der Waals surface area contributed by atoms with E-state index in [9.17, 15) is 9.59 Å². The zero-order valence-corrected chi connectivity index (χ0v) is 11.2. The van der Waals surface area contributed by atoms with Gasteiger partial charge in [0, 0.05) is 18.2 Å². The molecule has 1 aliphatic carbocycles. The van der Waals surface area contributed by atoms with E-state index in [1.165, 1.54) is 6.20 Å². The van der Waals surface area contributed by atoms with E-state index in [2.05, 4.69) is 10.3 Å². The van der Waals surface area contributed by atoms with Gasteiger partial charge < -0.3 is 11.1 Å². The Labute approximate surface area is 116 Å². The van der Waals surface area contributed by atoms with Gasteiger partial charge in [-0.05, 0) is 37.8 Å². The smallest absolute Gasteiger partial charge is 0.254 e. The predicted octanol–water partition coefficient (Wildman–Crippen LogP) is 1.51. The van der Waals surface area contributed by atoms with Crippen LogP contribution in [0.25, 0.3) is 0 Å². The molecule has 1 aromatic heterocycles. The molecule has 2 amide bonds. The van der Waals surface area contributed by atoms with Crippen LogP contribution in [0.1, 0.15) is 36.0 Å². The van der Waals surface area contributed by atoms with E-state index >= 15 is 0 Å². The molecule has 0 spiro atoms. The molecular formula is C13H16ClN3O2. The number of primary amides is 1. The van der Waals surface area contributed by atoms with Gasteiger partial charge in [0.25, 0.3) is 5.91 Å². The molecule has 6 heteroatoms. The molecule has 0 saturated heterocycles. The maximum absolute atomic E-state index is 12.0. The highest BCUT2D eigenvalue weighted by Crippen LogP contribution is 2.24. The van der Waals surface area contributed by atoms with Crippen LogP contribution in [0.15, 0.2) is 18.3 Å². The molecule has 1 heterocycles. The average Bonchev–Trinajstić information content (AvgIpc) is 2.39. The van der Waals surface area contributed by atoms with Crippen LogP contribution in [0.5, 0.6) is 0 Å². The quantitative estimate of drug-likeness (QED) is 0.824. The summed E-state index contributed by atoms with van der Waals surface area (Å²) in [6.45, 7) is 0. The molecule has 1 saturated carbocycles. The van der Waals surface area contributed by atoms with E-state index in [0.717, 1.165) is 25.7 Å². The summed E-state index contributed by atoms with van der Waals surface area (Å²) in [4.78, 5) is 27.0. The summed E-state index contributed by atoms with van der Waals surface area (Å²) in [5.41, 5.74) is 5.65. The van der Waals surface area contributed by atoms with Gasteiger partial charge in [0.05, 0.1) is 5.56 Å². The molecule has 1 fully saturated rings. The number of carbonyl (C=O) groups excluding carboxylic acids is 2. The molecule has 0 unspecified atom stereocenters. The largest absolute Gasteiger partial charge is 0.369 e. The molecule has 0 atom stereocenters. The summed E-state index contributed by atoms with van der Waals surface area (Å²) in [5, 5.41) is 3.12. The van der Waals surface area contributed by atoms with Crippen LogP contribution in [0.2, 0.25) is 5.15 Å². The van der Waals surface area contributed by atoms with Crippen LogP contribution >= 0.6 is 11.6 Å². The van der Waals surface area contributed by atoms with Crippen molar-refractivity contribution in [3.8, 4) is 0 Å². The van der Waals surface area contributed by atoms with Crippen LogP contribution in [0.3, 0.4) is 0 Å². The van der Waals surface area contributed by atoms with Crippen molar-refractivity contribution in [2.75, 3.05) is 0 Å². The van der Waals surface area contributed by atoms with Crippen molar-refractivity contribution in [1.82, 2.24) is 10.3 Å². The topological polar surface area (TPSA) is 85.1 Å². The van der Waals surface area contributed by atoms with Crippen molar-refractivity contribution in [1.29, 1.82) is 0 Å². The maximum Gasteiger partial charge on any atom is 0.254 e. The van der Waals surface area contributed by atoms with Gasteiger partial charge in [-0.2, -0.15) is 0 Å². The Morgan fingerprint density at radius 1 is 1.32 bits per heavy atom. The number of carbonyl (C=O) groups is 2. The summed E-state index contributed by atoms with van der Waals surface area (Å²) in [6, 6.07) is 3.38. The van der Waals surface area contributed by atoms with Gasteiger partial charge >= 0.3 is 0 Å². The van der Waals surface area contributed by atoms with Crippen LogP contribution in [0.4, 0.5) is 0 Å². The van der Waals surface area contributed by atoms with E-state index in [4.69, 9.17) is 17.3 Å². The highest BCUT2D eigenvalue weighted by Gasteiger charge is 2.26. The molecule has 1 aliphatic rings. The Bertz CT molecular complexity index is 485. The lowest BCUT2D eigenvalue weighted by atomic mass is 9.85. The molecule has 1 aromatic rings. The molecule has 19 heavy (non-hydrogen) atoms. The van der Waals surface area contributed by atoms with Crippen molar-refractivity contribution >= 4 is 23.4 Å². The van der Waals surface area contributed by atoms with Crippen molar-refractivity contribution in [3.63, 3.8) is 0 Å². The first-order chi connectivity index (χ1) is 9.08.